The molecule has 0 radical (unpaired) electrons. The van der Waals surface area contributed by atoms with Crippen LogP contribution in [0.4, 0.5) is 10.1 Å². The third-order valence-electron chi connectivity index (χ3n) is 2.76. The molecule has 0 aliphatic carbocycles. The van der Waals surface area contributed by atoms with Crippen LogP contribution in [0.1, 0.15) is 12.8 Å². The van der Waals surface area contributed by atoms with Gasteiger partial charge in [-0.05, 0) is 31.0 Å². The van der Waals surface area contributed by atoms with Gasteiger partial charge < -0.3 is 10.5 Å². The van der Waals surface area contributed by atoms with Crippen LogP contribution >= 0.6 is 0 Å². The Balaban J connectivity index is 2.16. The molecule has 18 heavy (non-hydrogen) atoms. The average Bonchev–Trinajstić information content (AvgIpc) is 2.33. The van der Waals surface area contributed by atoms with E-state index in [1.54, 1.807) is 0 Å². The standard InChI is InChI=1S/C11H15FN2O3S/c12-10-4-3-9(6-11(10)13)18(15,16)14-8-2-1-5-17-7-8/h3-4,6,8,14H,1-2,5,7,13H2. The van der Waals surface area contributed by atoms with Gasteiger partial charge in [0.1, 0.15) is 5.82 Å². The second kappa shape index (κ2) is 5.21. The fraction of sp³-hybridized carbons (Fsp3) is 0.455. The zero-order chi connectivity index (χ0) is 13.2. The molecular weight excluding hydrogens is 259 g/mol. The largest absolute Gasteiger partial charge is 0.396 e. The number of ether oxygens (including phenoxy) is 1. The van der Waals surface area contributed by atoms with E-state index in [0.717, 1.165) is 25.0 Å². The highest BCUT2D eigenvalue weighted by molar-refractivity contribution is 7.89. The van der Waals surface area contributed by atoms with E-state index < -0.39 is 15.8 Å². The zero-order valence-corrected chi connectivity index (χ0v) is 10.5. The molecule has 0 saturated carbocycles. The first-order valence-corrected chi connectivity index (χ1v) is 7.12. The van der Waals surface area contributed by atoms with E-state index in [0.29, 0.717) is 13.2 Å². The Labute approximate surface area is 105 Å². The first-order valence-electron chi connectivity index (χ1n) is 5.64. The van der Waals surface area contributed by atoms with Crippen LogP contribution in [0, 0.1) is 5.82 Å². The topological polar surface area (TPSA) is 81.4 Å². The van der Waals surface area contributed by atoms with E-state index in [4.69, 9.17) is 10.5 Å². The second-order valence-corrected chi connectivity index (χ2v) is 5.93. The van der Waals surface area contributed by atoms with Crippen molar-refractivity contribution in [2.75, 3.05) is 18.9 Å². The number of nitrogens with one attached hydrogen (secondary N) is 1. The fourth-order valence-electron chi connectivity index (χ4n) is 1.81. The molecule has 1 aromatic carbocycles. The number of hydrogen-bond donors (Lipinski definition) is 2. The minimum absolute atomic E-state index is 0.0352. The zero-order valence-electron chi connectivity index (χ0n) is 9.73. The summed E-state index contributed by atoms with van der Waals surface area (Å²) in [6.07, 6.45) is 1.55. The molecule has 0 amide bonds. The number of hydrogen-bond acceptors (Lipinski definition) is 4. The second-order valence-electron chi connectivity index (χ2n) is 4.22. The van der Waals surface area contributed by atoms with E-state index in [9.17, 15) is 12.8 Å². The molecule has 3 N–H and O–H groups in total. The van der Waals surface area contributed by atoms with Gasteiger partial charge in [-0.15, -0.1) is 0 Å². The molecule has 2 rings (SSSR count). The van der Waals surface area contributed by atoms with Crippen molar-refractivity contribution in [1.82, 2.24) is 4.72 Å². The first kappa shape index (κ1) is 13.3. The van der Waals surface area contributed by atoms with Crippen LogP contribution in [0.15, 0.2) is 23.1 Å². The predicted molar refractivity (Wildman–Crippen MR) is 65.0 cm³/mol. The number of sulfonamides is 1. The molecule has 7 heteroatoms. The summed E-state index contributed by atoms with van der Waals surface area (Å²) in [4.78, 5) is -0.0352. The van der Waals surface area contributed by atoms with Crippen LogP contribution in [0.25, 0.3) is 0 Å². The maximum Gasteiger partial charge on any atom is 0.240 e. The van der Waals surface area contributed by atoms with Crippen LogP contribution < -0.4 is 10.5 Å². The van der Waals surface area contributed by atoms with Gasteiger partial charge in [0.05, 0.1) is 17.2 Å². The van der Waals surface area contributed by atoms with Gasteiger partial charge in [0.2, 0.25) is 10.0 Å². The summed E-state index contributed by atoms with van der Waals surface area (Å²) >= 11 is 0. The molecule has 5 nitrogen and oxygen atoms in total. The molecule has 1 unspecified atom stereocenters. The van der Waals surface area contributed by atoms with Crippen molar-refractivity contribution in [3.8, 4) is 0 Å². The lowest BCUT2D eigenvalue weighted by Gasteiger charge is -2.23. The quantitative estimate of drug-likeness (QED) is 0.801. The van der Waals surface area contributed by atoms with Crippen LogP contribution in [-0.2, 0) is 14.8 Å². The lowest BCUT2D eigenvalue weighted by atomic mass is 10.1. The molecule has 1 saturated heterocycles. The summed E-state index contributed by atoms with van der Waals surface area (Å²) in [6, 6.07) is 3.11. The van der Waals surface area contributed by atoms with E-state index in [2.05, 4.69) is 4.72 Å². The number of halogens is 1. The number of rotatable bonds is 3. The molecule has 1 heterocycles. The maximum atomic E-state index is 13.0. The van der Waals surface area contributed by atoms with E-state index in [1.165, 1.54) is 6.07 Å². The van der Waals surface area contributed by atoms with E-state index >= 15 is 0 Å². The maximum absolute atomic E-state index is 13.0. The Hall–Kier alpha value is -1.18. The highest BCUT2D eigenvalue weighted by Crippen LogP contribution is 2.18. The highest BCUT2D eigenvalue weighted by Gasteiger charge is 2.22. The summed E-state index contributed by atoms with van der Waals surface area (Å²) in [5.74, 6) is -0.630. The van der Waals surface area contributed by atoms with Crippen molar-refractivity contribution in [3.05, 3.63) is 24.0 Å². The normalized spacial score (nSPS) is 20.8. The number of nitrogen functional groups attached to an aromatic ring is 1. The van der Waals surface area contributed by atoms with Gasteiger partial charge in [-0.3, -0.25) is 0 Å². The summed E-state index contributed by atoms with van der Waals surface area (Å²) in [5.41, 5.74) is 5.18. The van der Waals surface area contributed by atoms with Crippen LogP contribution in [-0.4, -0.2) is 27.7 Å². The third-order valence-corrected chi connectivity index (χ3v) is 4.28. The van der Waals surface area contributed by atoms with Crippen molar-refractivity contribution in [1.29, 1.82) is 0 Å². The number of anilines is 1. The van der Waals surface area contributed by atoms with Crippen molar-refractivity contribution < 1.29 is 17.5 Å². The SMILES string of the molecule is Nc1cc(S(=O)(=O)NC2CCCOC2)ccc1F. The molecule has 0 aromatic heterocycles. The van der Waals surface area contributed by atoms with Gasteiger partial charge in [0.15, 0.2) is 0 Å². The van der Waals surface area contributed by atoms with Gasteiger partial charge in [-0.2, -0.15) is 0 Å². The minimum atomic E-state index is -3.68. The van der Waals surface area contributed by atoms with Gasteiger partial charge in [-0.1, -0.05) is 0 Å². The molecular formula is C11H15FN2O3S. The van der Waals surface area contributed by atoms with Crippen LogP contribution in [0.5, 0.6) is 0 Å². The lowest BCUT2D eigenvalue weighted by Crippen LogP contribution is -2.40. The van der Waals surface area contributed by atoms with E-state index in [-0.39, 0.29) is 16.6 Å². The summed E-state index contributed by atoms with van der Waals surface area (Å²) in [5, 5.41) is 0. The van der Waals surface area contributed by atoms with Gasteiger partial charge in [0.25, 0.3) is 0 Å². The predicted octanol–water partition coefficient (Wildman–Crippen LogP) is 0.865. The number of nitrogens with two attached hydrogens (primary N) is 1. The molecule has 0 bridgehead atoms. The van der Waals surface area contributed by atoms with E-state index in [1.807, 2.05) is 0 Å². The Morgan fingerprint density at radius 3 is 2.83 bits per heavy atom. The monoisotopic (exact) mass is 274 g/mol. The molecule has 1 aromatic rings. The van der Waals surface area contributed by atoms with Crippen molar-refractivity contribution in [2.45, 2.75) is 23.8 Å². The summed E-state index contributed by atoms with van der Waals surface area (Å²) in [6.45, 7) is 1.01. The first-order chi connectivity index (χ1) is 8.49. The highest BCUT2D eigenvalue weighted by atomic mass is 32.2. The van der Waals surface area contributed by atoms with Gasteiger partial charge >= 0.3 is 0 Å². The Kier molecular flexibility index (Phi) is 3.84. The minimum Gasteiger partial charge on any atom is -0.396 e. The molecule has 100 valence electrons. The van der Waals surface area contributed by atoms with Crippen molar-refractivity contribution in [2.24, 2.45) is 0 Å². The van der Waals surface area contributed by atoms with Gasteiger partial charge in [-0.25, -0.2) is 17.5 Å². The third kappa shape index (κ3) is 2.98. The molecule has 1 aliphatic heterocycles. The lowest BCUT2D eigenvalue weighted by molar-refractivity contribution is 0.0774. The van der Waals surface area contributed by atoms with Gasteiger partial charge in [0, 0.05) is 12.6 Å². The van der Waals surface area contributed by atoms with Crippen LogP contribution in [0.3, 0.4) is 0 Å². The molecule has 1 fully saturated rings. The molecule has 1 atom stereocenters. The Bertz CT molecular complexity index is 527. The summed E-state index contributed by atoms with van der Waals surface area (Å²) in [7, 11) is -3.68. The average molecular weight is 274 g/mol. The smallest absolute Gasteiger partial charge is 0.240 e. The molecule has 0 spiro atoms. The Morgan fingerprint density at radius 1 is 1.44 bits per heavy atom. The van der Waals surface area contributed by atoms with Crippen molar-refractivity contribution in [3.63, 3.8) is 0 Å². The van der Waals surface area contributed by atoms with Crippen molar-refractivity contribution >= 4 is 15.7 Å². The molecule has 1 aliphatic rings. The fourth-order valence-corrected chi connectivity index (χ4v) is 3.10. The summed E-state index contributed by atoms with van der Waals surface area (Å²) < 4.78 is 44.7. The number of benzene rings is 1. The van der Waals surface area contributed by atoms with Crippen LogP contribution in [0.2, 0.25) is 0 Å². The Morgan fingerprint density at radius 2 is 2.22 bits per heavy atom.